The summed E-state index contributed by atoms with van der Waals surface area (Å²) in [4.78, 5) is 9.38. The fourth-order valence-electron chi connectivity index (χ4n) is 2.69. The van der Waals surface area contributed by atoms with Crippen LogP contribution in [0.3, 0.4) is 0 Å². The van der Waals surface area contributed by atoms with Gasteiger partial charge in [-0.15, -0.1) is 6.58 Å². The maximum Gasteiger partial charge on any atom is 0.161 e. The summed E-state index contributed by atoms with van der Waals surface area (Å²) in [6, 6.07) is 9.96. The molecule has 0 atom stereocenters. The number of hydrazone groups is 1. The Bertz CT molecular complexity index is 832. The van der Waals surface area contributed by atoms with Crippen LogP contribution in [0.5, 0.6) is 0 Å². The summed E-state index contributed by atoms with van der Waals surface area (Å²) in [5.41, 5.74) is 7.15. The molecule has 0 amide bonds. The largest absolute Gasteiger partial charge is 0.261 e. The molecule has 1 N–H and O–H groups in total. The molecule has 1 heterocycles. The van der Waals surface area contributed by atoms with E-state index < -0.39 is 0 Å². The van der Waals surface area contributed by atoms with Gasteiger partial charge in [0.15, 0.2) is 11.6 Å². The van der Waals surface area contributed by atoms with Crippen LogP contribution in [0.25, 0.3) is 5.57 Å². The molecule has 1 aromatic carbocycles. The van der Waals surface area contributed by atoms with Gasteiger partial charge in [-0.25, -0.2) is 9.97 Å². The van der Waals surface area contributed by atoms with Crippen LogP contribution in [0.1, 0.15) is 35.5 Å². The van der Waals surface area contributed by atoms with Gasteiger partial charge in [-0.1, -0.05) is 54.6 Å². The highest BCUT2D eigenvalue weighted by Crippen LogP contribution is 2.24. The van der Waals surface area contributed by atoms with Gasteiger partial charge in [-0.3, -0.25) is 5.43 Å². The van der Waals surface area contributed by atoms with Gasteiger partial charge < -0.3 is 0 Å². The van der Waals surface area contributed by atoms with Gasteiger partial charge in [0.2, 0.25) is 0 Å². The zero-order valence-electron chi connectivity index (χ0n) is 14.4. The van der Waals surface area contributed by atoms with Crippen LogP contribution in [0.2, 0.25) is 0 Å². The first-order valence-electron chi connectivity index (χ1n) is 8.47. The first-order chi connectivity index (χ1) is 12.3. The van der Waals surface area contributed by atoms with Gasteiger partial charge >= 0.3 is 0 Å². The van der Waals surface area contributed by atoms with E-state index in [2.05, 4.69) is 40.3 Å². The minimum atomic E-state index is 0.699. The molecule has 1 aliphatic carbocycles. The molecule has 0 fully saturated rings. The molecule has 0 unspecified atom stereocenters. The molecule has 0 bridgehead atoms. The number of hydrogen-bond donors (Lipinski definition) is 1. The highest BCUT2D eigenvalue weighted by Gasteiger charge is 2.13. The highest BCUT2D eigenvalue weighted by molar-refractivity contribution is 5.80. The summed E-state index contributed by atoms with van der Waals surface area (Å²) < 4.78 is 0. The van der Waals surface area contributed by atoms with Crippen molar-refractivity contribution in [3.63, 3.8) is 0 Å². The Morgan fingerprint density at radius 2 is 2.04 bits per heavy atom. The van der Waals surface area contributed by atoms with Gasteiger partial charge in [0.05, 0.1) is 6.21 Å². The zero-order chi connectivity index (χ0) is 17.5. The lowest BCUT2D eigenvalue weighted by atomic mass is 10.1. The Balaban J connectivity index is 1.90. The van der Waals surface area contributed by atoms with E-state index in [0.717, 1.165) is 46.9 Å². The van der Waals surface area contributed by atoms with E-state index in [0.29, 0.717) is 6.42 Å². The Hall–Kier alpha value is -3.01. The van der Waals surface area contributed by atoms with Gasteiger partial charge in [-0.2, -0.15) is 5.10 Å². The van der Waals surface area contributed by atoms with Crippen molar-refractivity contribution in [2.75, 3.05) is 5.43 Å². The number of rotatable bonds is 6. The topological polar surface area (TPSA) is 50.2 Å². The molecule has 0 spiro atoms. The Morgan fingerprint density at radius 3 is 2.76 bits per heavy atom. The molecule has 1 aromatic heterocycles. The molecule has 0 aliphatic heterocycles. The highest BCUT2D eigenvalue weighted by atomic mass is 15.3. The van der Waals surface area contributed by atoms with Gasteiger partial charge in [-0.05, 0) is 31.7 Å². The van der Waals surface area contributed by atoms with E-state index in [4.69, 9.17) is 4.98 Å². The van der Waals surface area contributed by atoms with E-state index >= 15 is 0 Å². The fraction of sp³-hybridized carbons (Fsp3) is 0.190. The van der Waals surface area contributed by atoms with Crippen molar-refractivity contribution in [3.8, 4) is 0 Å². The van der Waals surface area contributed by atoms with Crippen molar-refractivity contribution < 1.29 is 0 Å². The lowest BCUT2D eigenvalue weighted by Gasteiger charge is -2.13. The predicted octanol–water partition coefficient (Wildman–Crippen LogP) is 4.69. The molecule has 4 nitrogen and oxygen atoms in total. The number of anilines is 1. The monoisotopic (exact) mass is 330 g/mol. The molecule has 25 heavy (non-hydrogen) atoms. The summed E-state index contributed by atoms with van der Waals surface area (Å²) in [5.74, 6) is 1.47. The standard InChI is InChI=1S/C21H22N4/c1-3-10-19-16(2)23-20(18-13-8-5-9-14-18)24-21(19)25-22-15-17-11-6-4-7-12-17/h3-4,6-8,11-15H,1,5,9-10H2,2H3,(H,23,24,25)/b22-15+. The maximum absolute atomic E-state index is 4.70. The molecule has 1 aliphatic rings. The minimum Gasteiger partial charge on any atom is -0.261 e. The molecule has 0 radical (unpaired) electrons. The summed E-state index contributed by atoms with van der Waals surface area (Å²) in [5, 5.41) is 4.35. The molecule has 4 heteroatoms. The van der Waals surface area contributed by atoms with Crippen LogP contribution in [-0.4, -0.2) is 16.2 Å². The molecule has 3 rings (SSSR count). The molecule has 0 saturated carbocycles. The first kappa shape index (κ1) is 16.8. The Morgan fingerprint density at radius 1 is 1.20 bits per heavy atom. The van der Waals surface area contributed by atoms with E-state index in [1.807, 2.05) is 43.3 Å². The van der Waals surface area contributed by atoms with Crippen molar-refractivity contribution in [2.24, 2.45) is 5.10 Å². The summed E-state index contributed by atoms with van der Waals surface area (Å²) in [6.07, 6.45) is 12.9. The fourth-order valence-corrected chi connectivity index (χ4v) is 2.69. The van der Waals surface area contributed by atoms with Crippen molar-refractivity contribution in [2.45, 2.75) is 26.2 Å². The molecule has 126 valence electrons. The van der Waals surface area contributed by atoms with Crippen molar-refractivity contribution in [1.29, 1.82) is 0 Å². The van der Waals surface area contributed by atoms with Gasteiger partial charge in [0.25, 0.3) is 0 Å². The Kier molecular flexibility index (Phi) is 5.52. The lowest BCUT2D eigenvalue weighted by Crippen LogP contribution is -2.07. The molecular formula is C21H22N4. The minimum absolute atomic E-state index is 0.699. The molecule has 0 saturated heterocycles. The van der Waals surface area contributed by atoms with Crippen LogP contribution in [-0.2, 0) is 6.42 Å². The third-order valence-corrected chi connectivity index (χ3v) is 4.00. The average Bonchev–Trinajstić information content (AvgIpc) is 2.66. The van der Waals surface area contributed by atoms with Crippen LogP contribution in [0.4, 0.5) is 5.82 Å². The molecular weight excluding hydrogens is 308 g/mol. The number of aryl methyl sites for hydroxylation is 1. The van der Waals surface area contributed by atoms with Crippen LogP contribution < -0.4 is 5.43 Å². The third-order valence-electron chi connectivity index (χ3n) is 4.00. The predicted molar refractivity (Wildman–Crippen MR) is 105 cm³/mol. The van der Waals surface area contributed by atoms with Gasteiger partial charge in [0.1, 0.15) is 0 Å². The normalized spacial score (nSPS) is 13.7. The second kappa shape index (κ2) is 8.20. The lowest BCUT2D eigenvalue weighted by molar-refractivity contribution is 0.985. The van der Waals surface area contributed by atoms with Crippen molar-refractivity contribution in [1.82, 2.24) is 9.97 Å². The number of benzene rings is 1. The van der Waals surface area contributed by atoms with Crippen molar-refractivity contribution in [3.05, 3.63) is 83.9 Å². The van der Waals surface area contributed by atoms with Crippen LogP contribution in [0.15, 0.2) is 66.3 Å². The second-order valence-corrected chi connectivity index (χ2v) is 5.87. The van der Waals surface area contributed by atoms with Crippen LogP contribution >= 0.6 is 0 Å². The SMILES string of the molecule is C=CCc1c(C)nc(C2=CCCC=C2)nc1N/N=C/c1ccccc1. The van der Waals surface area contributed by atoms with Crippen molar-refractivity contribution >= 4 is 17.6 Å². The summed E-state index contributed by atoms with van der Waals surface area (Å²) in [6.45, 7) is 5.84. The number of hydrogen-bond acceptors (Lipinski definition) is 4. The van der Waals surface area contributed by atoms with E-state index in [-0.39, 0.29) is 0 Å². The van der Waals surface area contributed by atoms with Gasteiger partial charge in [0, 0.05) is 16.8 Å². The first-order valence-corrected chi connectivity index (χ1v) is 8.47. The molecule has 2 aromatic rings. The van der Waals surface area contributed by atoms with E-state index in [1.54, 1.807) is 6.21 Å². The van der Waals surface area contributed by atoms with Crippen LogP contribution in [0, 0.1) is 6.92 Å². The second-order valence-electron chi connectivity index (χ2n) is 5.87. The number of allylic oxidation sites excluding steroid dienone is 5. The number of aromatic nitrogens is 2. The Labute approximate surface area is 148 Å². The van der Waals surface area contributed by atoms with E-state index in [1.165, 1.54) is 0 Å². The average molecular weight is 330 g/mol. The quantitative estimate of drug-likeness (QED) is 0.475. The zero-order valence-corrected chi connectivity index (χ0v) is 14.4. The maximum atomic E-state index is 4.70. The van der Waals surface area contributed by atoms with E-state index in [9.17, 15) is 0 Å². The number of nitrogens with zero attached hydrogens (tertiary/aromatic N) is 3. The number of nitrogens with one attached hydrogen (secondary N) is 1. The smallest absolute Gasteiger partial charge is 0.161 e. The summed E-state index contributed by atoms with van der Waals surface area (Å²) >= 11 is 0. The summed E-state index contributed by atoms with van der Waals surface area (Å²) in [7, 11) is 0. The third kappa shape index (κ3) is 4.29.